The van der Waals surface area contributed by atoms with Crippen LogP contribution in [0.15, 0.2) is 53.4 Å². The summed E-state index contributed by atoms with van der Waals surface area (Å²) in [5, 5.41) is 1.18. The van der Waals surface area contributed by atoms with E-state index >= 15 is 0 Å². The number of nitrogens with zero attached hydrogens (tertiary/aromatic N) is 1. The molecule has 1 amide bonds. The average molecular weight is 378 g/mol. The van der Waals surface area contributed by atoms with Crippen LogP contribution in [0.3, 0.4) is 0 Å². The highest BCUT2D eigenvalue weighted by molar-refractivity contribution is 7.99. The van der Waals surface area contributed by atoms with Gasteiger partial charge in [-0.05, 0) is 36.4 Å². The van der Waals surface area contributed by atoms with Gasteiger partial charge >= 0.3 is 0 Å². The maximum absolute atomic E-state index is 12.9. The van der Waals surface area contributed by atoms with Crippen molar-refractivity contribution in [2.45, 2.75) is 16.6 Å². The average Bonchev–Trinajstić information content (AvgIpc) is 2.87. The molecule has 0 bridgehead atoms. The molecule has 126 valence electrons. The van der Waals surface area contributed by atoms with Crippen LogP contribution >= 0.6 is 35.1 Å². The fourth-order valence-corrected chi connectivity index (χ4v) is 5.14. The molecule has 0 unspecified atom stereocenters. The van der Waals surface area contributed by atoms with Crippen molar-refractivity contribution in [3.63, 3.8) is 0 Å². The molecule has 0 spiro atoms. The van der Waals surface area contributed by atoms with Gasteiger partial charge in [0.1, 0.15) is 0 Å². The molecular weight excluding hydrogens is 358 g/mol. The zero-order chi connectivity index (χ0) is 16.9. The van der Waals surface area contributed by atoms with Gasteiger partial charge in [0, 0.05) is 34.0 Å². The van der Waals surface area contributed by atoms with Gasteiger partial charge in [0.15, 0.2) is 0 Å². The molecule has 24 heavy (non-hydrogen) atoms. The van der Waals surface area contributed by atoms with E-state index in [1.807, 2.05) is 65.4 Å². The van der Waals surface area contributed by atoms with Crippen molar-refractivity contribution < 1.29 is 4.79 Å². The van der Waals surface area contributed by atoms with Gasteiger partial charge in [0.2, 0.25) is 0 Å². The van der Waals surface area contributed by atoms with Crippen molar-refractivity contribution in [2.75, 3.05) is 25.1 Å². The van der Waals surface area contributed by atoms with Crippen LogP contribution in [0.1, 0.15) is 27.6 Å². The smallest absolute Gasteiger partial charge is 0.255 e. The fraction of sp³-hybridized carbons (Fsp3) is 0.316. The number of carbonyl (C=O) groups excluding carboxylic acids is 1. The second kappa shape index (κ2) is 8.32. The standard InChI is InChI=1S/C19H20ClNOS2/c1-23-17-9-5-3-7-15(17)19(22)21-11-10-18(24-13-12-21)14-6-2-4-8-16(14)20/h2-9,18H,10-13H2,1H3/t18-/m1/s1. The van der Waals surface area contributed by atoms with Crippen LogP contribution in [0.25, 0.3) is 0 Å². The Morgan fingerprint density at radius 3 is 2.71 bits per heavy atom. The van der Waals surface area contributed by atoms with Crippen LogP contribution in [0.5, 0.6) is 0 Å². The van der Waals surface area contributed by atoms with Gasteiger partial charge in [0.05, 0.1) is 5.56 Å². The van der Waals surface area contributed by atoms with E-state index in [9.17, 15) is 4.79 Å². The van der Waals surface area contributed by atoms with Gasteiger partial charge in [0.25, 0.3) is 5.91 Å². The molecule has 0 saturated carbocycles. The predicted octanol–water partition coefficient (Wildman–Crippen LogP) is 5.38. The summed E-state index contributed by atoms with van der Waals surface area (Å²) in [4.78, 5) is 15.9. The van der Waals surface area contributed by atoms with Crippen molar-refractivity contribution in [2.24, 2.45) is 0 Å². The number of hydrogen-bond acceptors (Lipinski definition) is 3. The number of carbonyl (C=O) groups is 1. The lowest BCUT2D eigenvalue weighted by Gasteiger charge is -2.21. The highest BCUT2D eigenvalue weighted by Crippen LogP contribution is 2.38. The van der Waals surface area contributed by atoms with Gasteiger partial charge in [-0.1, -0.05) is 41.9 Å². The van der Waals surface area contributed by atoms with E-state index in [-0.39, 0.29) is 5.91 Å². The highest BCUT2D eigenvalue weighted by Gasteiger charge is 2.24. The summed E-state index contributed by atoms with van der Waals surface area (Å²) in [6.07, 6.45) is 2.94. The first kappa shape index (κ1) is 17.7. The van der Waals surface area contributed by atoms with E-state index in [2.05, 4.69) is 6.07 Å². The van der Waals surface area contributed by atoms with Crippen LogP contribution in [0.2, 0.25) is 5.02 Å². The molecule has 0 N–H and O–H groups in total. The Morgan fingerprint density at radius 1 is 1.17 bits per heavy atom. The van der Waals surface area contributed by atoms with Crippen LogP contribution in [0, 0.1) is 0 Å². The lowest BCUT2D eigenvalue weighted by molar-refractivity contribution is 0.0763. The predicted molar refractivity (Wildman–Crippen MR) is 105 cm³/mol. The minimum Gasteiger partial charge on any atom is -0.338 e. The number of thioether (sulfide) groups is 2. The minimum absolute atomic E-state index is 0.139. The third-order valence-corrected chi connectivity index (χ3v) is 6.67. The normalized spacial score (nSPS) is 18.2. The molecule has 1 fully saturated rings. The lowest BCUT2D eigenvalue weighted by Crippen LogP contribution is -2.33. The first-order chi connectivity index (χ1) is 11.7. The van der Waals surface area contributed by atoms with E-state index in [0.717, 1.165) is 40.7 Å². The van der Waals surface area contributed by atoms with Gasteiger partial charge in [-0.15, -0.1) is 11.8 Å². The molecule has 0 aliphatic carbocycles. The quantitative estimate of drug-likeness (QED) is 0.669. The number of benzene rings is 2. The van der Waals surface area contributed by atoms with E-state index in [1.165, 1.54) is 5.56 Å². The summed E-state index contributed by atoms with van der Waals surface area (Å²) in [6.45, 7) is 1.55. The Kier molecular flexibility index (Phi) is 6.14. The zero-order valence-electron chi connectivity index (χ0n) is 13.6. The van der Waals surface area contributed by atoms with Crippen LogP contribution in [-0.4, -0.2) is 35.9 Å². The van der Waals surface area contributed by atoms with E-state index in [4.69, 9.17) is 11.6 Å². The van der Waals surface area contributed by atoms with E-state index in [1.54, 1.807) is 11.8 Å². The van der Waals surface area contributed by atoms with Crippen molar-refractivity contribution in [1.29, 1.82) is 0 Å². The number of hydrogen-bond donors (Lipinski definition) is 0. The SMILES string of the molecule is CSc1ccccc1C(=O)N1CCS[C@@H](c2ccccc2Cl)CC1. The first-order valence-corrected chi connectivity index (χ1v) is 10.6. The molecule has 1 aliphatic rings. The molecule has 2 aromatic carbocycles. The summed E-state index contributed by atoms with van der Waals surface area (Å²) in [5.41, 5.74) is 1.99. The largest absolute Gasteiger partial charge is 0.338 e. The second-order valence-electron chi connectivity index (χ2n) is 5.66. The highest BCUT2D eigenvalue weighted by atomic mass is 35.5. The van der Waals surface area contributed by atoms with Crippen molar-refractivity contribution in [3.05, 3.63) is 64.7 Å². The number of amides is 1. The third kappa shape index (κ3) is 3.93. The second-order valence-corrected chi connectivity index (χ2v) is 8.23. The maximum atomic E-state index is 12.9. The van der Waals surface area contributed by atoms with E-state index < -0.39 is 0 Å². The first-order valence-electron chi connectivity index (χ1n) is 7.99. The molecule has 0 aromatic heterocycles. The molecule has 5 heteroatoms. The molecule has 1 atom stereocenters. The zero-order valence-corrected chi connectivity index (χ0v) is 16.0. The Labute approximate surface area is 157 Å². The molecule has 1 heterocycles. The summed E-state index contributed by atoms with van der Waals surface area (Å²) in [5.74, 6) is 1.07. The van der Waals surface area contributed by atoms with Gasteiger partial charge in [-0.2, -0.15) is 11.8 Å². The van der Waals surface area contributed by atoms with Crippen molar-refractivity contribution >= 4 is 41.0 Å². The molecular formula is C19H20ClNOS2. The molecule has 2 nitrogen and oxygen atoms in total. The van der Waals surface area contributed by atoms with Crippen LogP contribution < -0.4 is 0 Å². The number of rotatable bonds is 3. The van der Waals surface area contributed by atoms with Gasteiger partial charge in [-0.3, -0.25) is 4.79 Å². The number of halogens is 1. The summed E-state index contributed by atoms with van der Waals surface area (Å²) >= 11 is 9.86. The molecule has 3 rings (SSSR count). The van der Waals surface area contributed by atoms with E-state index in [0.29, 0.717) is 5.25 Å². The maximum Gasteiger partial charge on any atom is 0.255 e. The van der Waals surface area contributed by atoms with Crippen LogP contribution in [0.4, 0.5) is 0 Å². The Balaban J connectivity index is 1.74. The third-order valence-electron chi connectivity index (χ3n) is 4.22. The Hall–Kier alpha value is -1.10. The molecule has 2 aromatic rings. The van der Waals surface area contributed by atoms with Crippen molar-refractivity contribution in [3.8, 4) is 0 Å². The minimum atomic E-state index is 0.139. The Morgan fingerprint density at radius 2 is 1.92 bits per heavy atom. The van der Waals surface area contributed by atoms with Crippen molar-refractivity contribution in [1.82, 2.24) is 4.90 Å². The summed E-state index contributed by atoms with van der Waals surface area (Å²) in [6, 6.07) is 15.9. The van der Waals surface area contributed by atoms with Gasteiger partial charge in [-0.25, -0.2) is 0 Å². The lowest BCUT2D eigenvalue weighted by atomic mass is 10.1. The fourth-order valence-electron chi connectivity index (χ4n) is 2.95. The van der Waals surface area contributed by atoms with Crippen LogP contribution in [-0.2, 0) is 0 Å². The monoisotopic (exact) mass is 377 g/mol. The molecule has 0 radical (unpaired) electrons. The summed E-state index contributed by atoms with van der Waals surface area (Å²) in [7, 11) is 0. The molecule has 1 aliphatic heterocycles. The summed E-state index contributed by atoms with van der Waals surface area (Å²) < 4.78 is 0. The topological polar surface area (TPSA) is 20.3 Å². The van der Waals surface area contributed by atoms with Gasteiger partial charge < -0.3 is 4.90 Å². The Bertz CT molecular complexity index is 722. The molecule has 1 saturated heterocycles.